The lowest BCUT2D eigenvalue weighted by Crippen LogP contribution is -2.31. The number of aryl methyl sites for hydroxylation is 1. The van der Waals surface area contributed by atoms with Gasteiger partial charge in [0.15, 0.2) is 5.50 Å². The topological polar surface area (TPSA) is 41.1 Å². The average Bonchev–Trinajstić information content (AvgIpc) is 2.86. The van der Waals surface area contributed by atoms with E-state index in [1.165, 1.54) is 30.0 Å². The monoisotopic (exact) mass is 382 g/mol. The molecular formula is C17H13Cl2FN2OS. The van der Waals surface area contributed by atoms with Crippen LogP contribution in [0.3, 0.4) is 0 Å². The first-order valence-corrected chi connectivity index (χ1v) is 8.73. The first-order valence-electron chi connectivity index (χ1n) is 7.10. The molecule has 0 radical (unpaired) electrons. The van der Waals surface area contributed by atoms with Crippen molar-refractivity contribution in [2.45, 2.75) is 12.4 Å². The Morgan fingerprint density at radius 2 is 2.08 bits per heavy atom. The van der Waals surface area contributed by atoms with Gasteiger partial charge in [0.2, 0.25) is 0 Å². The van der Waals surface area contributed by atoms with Crippen LogP contribution < -0.4 is 10.6 Å². The summed E-state index contributed by atoms with van der Waals surface area (Å²) in [6, 6.07) is 9.87. The number of hydrogen-bond donors (Lipinski definition) is 2. The summed E-state index contributed by atoms with van der Waals surface area (Å²) in [7, 11) is 0. The molecule has 1 atom stereocenters. The summed E-state index contributed by atoms with van der Waals surface area (Å²) in [6.45, 7) is 1.92. The smallest absolute Gasteiger partial charge is 0.260 e. The van der Waals surface area contributed by atoms with Crippen LogP contribution in [-0.2, 0) is 4.79 Å². The summed E-state index contributed by atoms with van der Waals surface area (Å²) in [5.74, 6) is -0.739. The zero-order valence-electron chi connectivity index (χ0n) is 12.6. The molecule has 0 aromatic heterocycles. The van der Waals surface area contributed by atoms with E-state index in [1.807, 2.05) is 19.1 Å². The van der Waals surface area contributed by atoms with E-state index in [2.05, 4.69) is 10.6 Å². The van der Waals surface area contributed by atoms with Crippen LogP contribution in [0.5, 0.6) is 0 Å². The van der Waals surface area contributed by atoms with Crippen LogP contribution in [-0.4, -0.2) is 11.4 Å². The highest BCUT2D eigenvalue weighted by molar-refractivity contribution is 8.05. The predicted octanol–water partition coefficient (Wildman–Crippen LogP) is 5.04. The molecule has 0 spiro atoms. The molecule has 2 N–H and O–H groups in total. The molecule has 24 heavy (non-hydrogen) atoms. The van der Waals surface area contributed by atoms with Gasteiger partial charge < -0.3 is 10.6 Å². The minimum atomic E-state index is -0.464. The molecule has 124 valence electrons. The van der Waals surface area contributed by atoms with Gasteiger partial charge in [0, 0.05) is 16.3 Å². The van der Waals surface area contributed by atoms with E-state index >= 15 is 0 Å². The van der Waals surface area contributed by atoms with Crippen molar-refractivity contribution in [2.75, 3.05) is 5.32 Å². The molecule has 2 aromatic rings. The summed E-state index contributed by atoms with van der Waals surface area (Å²) in [5.41, 5.74) is 1.68. The maximum absolute atomic E-state index is 13.9. The fourth-order valence-corrected chi connectivity index (χ4v) is 3.68. The minimum absolute atomic E-state index is 0.208. The van der Waals surface area contributed by atoms with Gasteiger partial charge in [-0.3, -0.25) is 4.79 Å². The van der Waals surface area contributed by atoms with E-state index in [-0.39, 0.29) is 22.0 Å². The molecule has 3 nitrogen and oxygen atoms in total. The Kier molecular flexibility index (Phi) is 5.04. The van der Waals surface area contributed by atoms with Crippen molar-refractivity contribution < 1.29 is 9.18 Å². The van der Waals surface area contributed by atoms with Crippen molar-refractivity contribution in [1.29, 1.82) is 0 Å². The van der Waals surface area contributed by atoms with Gasteiger partial charge in [-0.2, -0.15) is 0 Å². The fraction of sp³-hybridized carbons (Fsp3) is 0.118. The molecule has 0 aliphatic carbocycles. The number of benzene rings is 2. The number of nitrogens with one attached hydrogen (secondary N) is 2. The molecule has 0 saturated carbocycles. The van der Waals surface area contributed by atoms with Gasteiger partial charge in [0.05, 0.1) is 9.93 Å². The number of hydrogen-bond acceptors (Lipinski definition) is 3. The summed E-state index contributed by atoms with van der Waals surface area (Å²) in [5, 5.41) is 6.93. The van der Waals surface area contributed by atoms with Crippen LogP contribution in [0, 0.1) is 12.7 Å². The van der Waals surface area contributed by atoms with Crippen LogP contribution in [0.4, 0.5) is 10.1 Å². The third kappa shape index (κ3) is 3.69. The third-order valence-corrected chi connectivity index (χ3v) is 5.07. The Morgan fingerprint density at radius 3 is 2.79 bits per heavy atom. The first kappa shape index (κ1) is 17.1. The van der Waals surface area contributed by atoms with Gasteiger partial charge >= 0.3 is 0 Å². The number of anilines is 1. The van der Waals surface area contributed by atoms with E-state index in [0.29, 0.717) is 9.93 Å². The highest BCUT2D eigenvalue weighted by Crippen LogP contribution is 2.33. The van der Waals surface area contributed by atoms with Crippen molar-refractivity contribution in [3.05, 3.63) is 68.3 Å². The number of carbonyl (C=O) groups excluding carboxylic acids is 1. The fourth-order valence-electron chi connectivity index (χ4n) is 2.28. The lowest BCUT2D eigenvalue weighted by atomic mass is 10.2. The lowest BCUT2D eigenvalue weighted by molar-refractivity contribution is -0.116. The maximum Gasteiger partial charge on any atom is 0.260 e. The minimum Gasteiger partial charge on any atom is -0.356 e. The van der Waals surface area contributed by atoms with Gasteiger partial charge in [-0.1, -0.05) is 41.0 Å². The third-order valence-electron chi connectivity index (χ3n) is 3.48. The van der Waals surface area contributed by atoms with Crippen molar-refractivity contribution >= 4 is 52.6 Å². The van der Waals surface area contributed by atoms with Crippen LogP contribution in [0.2, 0.25) is 10.0 Å². The highest BCUT2D eigenvalue weighted by Gasteiger charge is 2.28. The lowest BCUT2D eigenvalue weighted by Gasteiger charge is -2.15. The van der Waals surface area contributed by atoms with Crippen molar-refractivity contribution in [3.63, 3.8) is 0 Å². The molecule has 1 heterocycles. The molecule has 2 aromatic carbocycles. The van der Waals surface area contributed by atoms with Crippen molar-refractivity contribution in [2.24, 2.45) is 0 Å². The van der Waals surface area contributed by atoms with Crippen LogP contribution >= 0.6 is 35.0 Å². The van der Waals surface area contributed by atoms with Gasteiger partial charge in [-0.05, 0) is 48.9 Å². The Hall–Kier alpha value is -1.69. The molecule has 3 rings (SSSR count). The average molecular weight is 383 g/mol. The quantitative estimate of drug-likeness (QED) is 0.730. The Balaban J connectivity index is 1.80. The van der Waals surface area contributed by atoms with Crippen LogP contribution in [0.25, 0.3) is 6.08 Å². The van der Waals surface area contributed by atoms with Gasteiger partial charge in [0.25, 0.3) is 5.91 Å². The Labute approximate surface area is 153 Å². The normalized spacial score (nSPS) is 18.8. The van der Waals surface area contributed by atoms with Gasteiger partial charge in [-0.25, -0.2) is 4.39 Å². The molecule has 1 aliphatic heterocycles. The summed E-state index contributed by atoms with van der Waals surface area (Å²) < 4.78 is 13.9. The van der Waals surface area contributed by atoms with Crippen LogP contribution in [0.1, 0.15) is 11.1 Å². The number of rotatable bonds is 3. The van der Waals surface area contributed by atoms with Gasteiger partial charge in [0.1, 0.15) is 5.82 Å². The van der Waals surface area contributed by atoms with Gasteiger partial charge in [-0.15, -0.1) is 0 Å². The molecule has 1 saturated heterocycles. The van der Waals surface area contributed by atoms with Crippen molar-refractivity contribution in [3.8, 4) is 0 Å². The van der Waals surface area contributed by atoms with Crippen LogP contribution in [0.15, 0.2) is 41.3 Å². The molecule has 1 fully saturated rings. The Bertz CT molecular complexity index is 821. The molecule has 0 bridgehead atoms. The zero-order chi connectivity index (χ0) is 17.3. The number of amides is 1. The second kappa shape index (κ2) is 7.05. The highest BCUT2D eigenvalue weighted by atomic mass is 35.5. The molecule has 1 aliphatic rings. The number of thioether (sulfide) groups is 1. The van der Waals surface area contributed by atoms with E-state index in [1.54, 1.807) is 12.1 Å². The van der Waals surface area contributed by atoms with E-state index in [9.17, 15) is 9.18 Å². The van der Waals surface area contributed by atoms with E-state index in [0.717, 1.165) is 11.3 Å². The first-order chi connectivity index (χ1) is 11.4. The molecule has 1 unspecified atom stereocenters. The van der Waals surface area contributed by atoms with Crippen molar-refractivity contribution in [1.82, 2.24) is 5.32 Å². The standard InChI is InChI=1S/C17H13Cl2FN2OS/c1-9-7-10(18)5-6-14(9)21-17-22-16(23)15(24-17)8-11-12(19)3-2-4-13(11)20/h2-8,17,21H,1H3,(H,22,23)/b15-8-. The zero-order valence-corrected chi connectivity index (χ0v) is 14.9. The second-order valence-corrected chi connectivity index (χ2v) is 7.21. The SMILES string of the molecule is Cc1cc(Cl)ccc1NC1NC(=O)/C(=C/c2c(F)cccc2Cl)S1. The largest absolute Gasteiger partial charge is 0.356 e. The molecule has 1 amide bonds. The number of carbonyl (C=O) groups is 1. The summed E-state index contributed by atoms with van der Waals surface area (Å²) >= 11 is 13.2. The maximum atomic E-state index is 13.9. The second-order valence-electron chi connectivity index (χ2n) is 5.22. The summed E-state index contributed by atoms with van der Waals surface area (Å²) in [4.78, 5) is 12.5. The van der Waals surface area contributed by atoms with E-state index < -0.39 is 5.82 Å². The summed E-state index contributed by atoms with van der Waals surface area (Å²) in [6.07, 6.45) is 1.47. The number of halogens is 3. The van der Waals surface area contributed by atoms with E-state index in [4.69, 9.17) is 23.2 Å². The Morgan fingerprint density at radius 1 is 1.29 bits per heavy atom. The molecule has 7 heteroatoms. The molecular weight excluding hydrogens is 370 g/mol. The predicted molar refractivity (Wildman–Crippen MR) is 98.7 cm³/mol.